The minimum atomic E-state index is -0.440. The van der Waals surface area contributed by atoms with Gasteiger partial charge in [0.2, 0.25) is 0 Å². The van der Waals surface area contributed by atoms with E-state index in [0.29, 0.717) is 0 Å². The monoisotopic (exact) mass is 263 g/mol. The van der Waals surface area contributed by atoms with Gasteiger partial charge in [-0.15, -0.1) is 0 Å². The van der Waals surface area contributed by atoms with Crippen LogP contribution < -0.4 is 5.32 Å². The van der Waals surface area contributed by atoms with E-state index in [-0.39, 0.29) is 17.5 Å². The van der Waals surface area contributed by atoms with Crippen molar-refractivity contribution in [3.05, 3.63) is 35.1 Å². The molecule has 19 heavy (non-hydrogen) atoms. The molecule has 0 heterocycles. The van der Waals surface area contributed by atoms with E-state index in [1.165, 1.54) is 12.5 Å². The van der Waals surface area contributed by atoms with Gasteiger partial charge in [0.1, 0.15) is 5.82 Å². The second-order valence-corrected chi connectivity index (χ2v) is 5.77. The van der Waals surface area contributed by atoms with Gasteiger partial charge in [-0.2, -0.15) is 0 Å². The molecule has 1 amide bonds. The molecule has 1 aromatic rings. The molecule has 3 heteroatoms. The summed E-state index contributed by atoms with van der Waals surface area (Å²) in [6, 6.07) is 4.85. The zero-order chi connectivity index (χ0) is 13.8. The SMILES string of the molecule is Cc1ccc(F)c(C(=O)NC2CCCC(C)CC2)c1. The van der Waals surface area contributed by atoms with Crippen LogP contribution in [0, 0.1) is 18.7 Å². The van der Waals surface area contributed by atoms with Gasteiger partial charge in [0.05, 0.1) is 5.56 Å². The van der Waals surface area contributed by atoms with E-state index in [9.17, 15) is 9.18 Å². The van der Waals surface area contributed by atoms with Gasteiger partial charge in [-0.1, -0.05) is 31.4 Å². The van der Waals surface area contributed by atoms with Crippen molar-refractivity contribution in [2.45, 2.75) is 52.0 Å². The van der Waals surface area contributed by atoms with Crippen molar-refractivity contribution < 1.29 is 9.18 Å². The molecule has 0 radical (unpaired) electrons. The third kappa shape index (κ3) is 3.79. The smallest absolute Gasteiger partial charge is 0.254 e. The number of aryl methyl sites for hydroxylation is 1. The molecule has 104 valence electrons. The van der Waals surface area contributed by atoms with Crippen molar-refractivity contribution in [3.63, 3.8) is 0 Å². The summed E-state index contributed by atoms with van der Waals surface area (Å²) in [4.78, 5) is 12.1. The van der Waals surface area contributed by atoms with Crippen LogP contribution in [0.25, 0.3) is 0 Å². The summed E-state index contributed by atoms with van der Waals surface area (Å²) in [7, 11) is 0. The number of halogens is 1. The van der Waals surface area contributed by atoms with E-state index in [2.05, 4.69) is 12.2 Å². The molecule has 2 atom stereocenters. The van der Waals surface area contributed by atoms with Crippen LogP contribution in [0.3, 0.4) is 0 Å². The van der Waals surface area contributed by atoms with Crippen molar-refractivity contribution in [1.82, 2.24) is 5.32 Å². The minimum Gasteiger partial charge on any atom is -0.349 e. The highest BCUT2D eigenvalue weighted by atomic mass is 19.1. The third-order valence-electron chi connectivity index (χ3n) is 3.96. The Labute approximate surface area is 114 Å². The number of carbonyl (C=O) groups excluding carboxylic acids is 1. The molecule has 2 rings (SSSR count). The van der Waals surface area contributed by atoms with E-state index in [4.69, 9.17) is 0 Å². The Hall–Kier alpha value is -1.38. The summed E-state index contributed by atoms with van der Waals surface area (Å²) in [5, 5.41) is 2.98. The summed E-state index contributed by atoms with van der Waals surface area (Å²) in [6.07, 6.45) is 5.51. The zero-order valence-electron chi connectivity index (χ0n) is 11.7. The Balaban J connectivity index is 2.02. The van der Waals surface area contributed by atoms with Gasteiger partial charge in [-0.25, -0.2) is 4.39 Å². The average molecular weight is 263 g/mol. The van der Waals surface area contributed by atoms with Crippen LogP contribution in [-0.4, -0.2) is 11.9 Å². The maximum absolute atomic E-state index is 13.7. The lowest BCUT2D eigenvalue weighted by molar-refractivity contribution is 0.0929. The Morgan fingerprint density at radius 2 is 2.05 bits per heavy atom. The number of nitrogens with one attached hydrogen (secondary N) is 1. The van der Waals surface area contributed by atoms with Gasteiger partial charge in [0, 0.05) is 6.04 Å². The Kier molecular flexibility index (Phi) is 4.56. The first-order valence-corrected chi connectivity index (χ1v) is 7.13. The third-order valence-corrected chi connectivity index (χ3v) is 3.96. The van der Waals surface area contributed by atoms with Crippen molar-refractivity contribution in [2.75, 3.05) is 0 Å². The van der Waals surface area contributed by atoms with Gasteiger partial charge in [-0.05, 0) is 44.2 Å². The molecular weight excluding hydrogens is 241 g/mol. The molecule has 0 aromatic heterocycles. The van der Waals surface area contributed by atoms with E-state index in [0.717, 1.165) is 37.2 Å². The quantitative estimate of drug-likeness (QED) is 0.807. The second kappa shape index (κ2) is 6.18. The fourth-order valence-corrected chi connectivity index (χ4v) is 2.71. The predicted octanol–water partition coefficient (Wildman–Crippen LogP) is 3.83. The summed E-state index contributed by atoms with van der Waals surface area (Å²) in [5.41, 5.74) is 1.07. The first-order chi connectivity index (χ1) is 9.06. The molecule has 1 aromatic carbocycles. The van der Waals surface area contributed by atoms with E-state index in [1.54, 1.807) is 12.1 Å². The van der Waals surface area contributed by atoms with E-state index in [1.807, 2.05) is 6.92 Å². The summed E-state index contributed by atoms with van der Waals surface area (Å²) >= 11 is 0. The number of hydrogen-bond acceptors (Lipinski definition) is 1. The average Bonchev–Trinajstić information content (AvgIpc) is 2.57. The van der Waals surface area contributed by atoms with Crippen LogP contribution in [-0.2, 0) is 0 Å². The molecule has 1 fully saturated rings. The fraction of sp³-hybridized carbons (Fsp3) is 0.562. The number of carbonyl (C=O) groups is 1. The molecule has 2 nitrogen and oxygen atoms in total. The zero-order valence-corrected chi connectivity index (χ0v) is 11.7. The van der Waals surface area contributed by atoms with Crippen LogP contribution in [0.5, 0.6) is 0 Å². The van der Waals surface area contributed by atoms with Gasteiger partial charge in [0.25, 0.3) is 5.91 Å². The Bertz CT molecular complexity index is 458. The summed E-state index contributed by atoms with van der Waals surface area (Å²) in [6.45, 7) is 4.12. The number of rotatable bonds is 2. The molecular formula is C16H22FNO. The highest BCUT2D eigenvalue weighted by Crippen LogP contribution is 2.23. The van der Waals surface area contributed by atoms with Crippen LogP contribution in [0.4, 0.5) is 4.39 Å². The van der Waals surface area contributed by atoms with Crippen molar-refractivity contribution in [1.29, 1.82) is 0 Å². The standard InChI is InChI=1S/C16H22FNO/c1-11-4-3-5-13(8-6-11)18-16(19)14-10-12(2)7-9-15(14)17/h7,9-11,13H,3-6,8H2,1-2H3,(H,18,19). The fourth-order valence-electron chi connectivity index (χ4n) is 2.71. The van der Waals surface area contributed by atoms with Crippen molar-refractivity contribution >= 4 is 5.91 Å². The number of benzene rings is 1. The second-order valence-electron chi connectivity index (χ2n) is 5.77. The Morgan fingerprint density at radius 3 is 2.84 bits per heavy atom. The molecule has 0 bridgehead atoms. The first kappa shape index (κ1) is 14.0. The van der Waals surface area contributed by atoms with Gasteiger partial charge in [-0.3, -0.25) is 4.79 Å². The molecule has 0 aliphatic heterocycles. The lowest BCUT2D eigenvalue weighted by Gasteiger charge is -2.17. The minimum absolute atomic E-state index is 0.164. The van der Waals surface area contributed by atoms with Crippen LogP contribution in [0.15, 0.2) is 18.2 Å². The highest BCUT2D eigenvalue weighted by molar-refractivity contribution is 5.94. The maximum atomic E-state index is 13.7. The molecule has 0 spiro atoms. The van der Waals surface area contributed by atoms with Crippen molar-refractivity contribution in [3.8, 4) is 0 Å². The van der Waals surface area contributed by atoms with Gasteiger partial charge < -0.3 is 5.32 Å². The molecule has 1 N–H and O–H groups in total. The summed E-state index contributed by atoms with van der Waals surface area (Å²) < 4.78 is 13.7. The topological polar surface area (TPSA) is 29.1 Å². The number of hydrogen-bond donors (Lipinski definition) is 1. The molecule has 2 unspecified atom stereocenters. The van der Waals surface area contributed by atoms with E-state index < -0.39 is 5.82 Å². The molecule has 1 saturated carbocycles. The van der Waals surface area contributed by atoms with Gasteiger partial charge >= 0.3 is 0 Å². The lowest BCUT2D eigenvalue weighted by Crippen LogP contribution is -2.35. The maximum Gasteiger partial charge on any atom is 0.254 e. The molecule has 0 saturated heterocycles. The molecule has 1 aliphatic rings. The van der Waals surface area contributed by atoms with Gasteiger partial charge in [0.15, 0.2) is 0 Å². The lowest BCUT2D eigenvalue weighted by atomic mass is 10.0. The summed E-state index contributed by atoms with van der Waals surface area (Å²) in [5.74, 6) is 0.0171. The molecule has 1 aliphatic carbocycles. The van der Waals surface area contributed by atoms with Crippen molar-refractivity contribution in [2.24, 2.45) is 5.92 Å². The largest absolute Gasteiger partial charge is 0.349 e. The normalized spacial score (nSPS) is 23.7. The highest BCUT2D eigenvalue weighted by Gasteiger charge is 2.20. The van der Waals surface area contributed by atoms with E-state index >= 15 is 0 Å². The first-order valence-electron chi connectivity index (χ1n) is 7.13. The predicted molar refractivity (Wildman–Crippen MR) is 74.6 cm³/mol. The van der Waals surface area contributed by atoms with Crippen LogP contribution in [0.1, 0.15) is 54.9 Å². The van der Waals surface area contributed by atoms with Crippen LogP contribution >= 0.6 is 0 Å². The Morgan fingerprint density at radius 1 is 1.26 bits per heavy atom. The van der Waals surface area contributed by atoms with Crippen LogP contribution in [0.2, 0.25) is 0 Å². The number of amides is 1.